The quantitative estimate of drug-likeness (QED) is 0.889. The second-order valence-electron chi connectivity index (χ2n) is 7.22. The lowest BCUT2D eigenvalue weighted by Crippen LogP contribution is -2.51. The number of aromatic nitrogens is 2. The first-order chi connectivity index (χ1) is 9.70. The minimum absolute atomic E-state index is 0.0541. The smallest absolute Gasteiger partial charge is 0.224 e. The average molecular weight is 273 g/mol. The zero-order valence-corrected chi connectivity index (χ0v) is 12.0. The van der Waals surface area contributed by atoms with E-state index in [9.17, 15) is 4.79 Å². The van der Waals surface area contributed by atoms with Crippen LogP contribution < -0.4 is 5.32 Å². The molecule has 1 atom stereocenters. The third-order valence-corrected chi connectivity index (χ3v) is 5.91. The van der Waals surface area contributed by atoms with Gasteiger partial charge in [-0.3, -0.25) is 9.89 Å². The van der Waals surface area contributed by atoms with Crippen LogP contribution in [0.1, 0.15) is 50.6 Å². The molecule has 20 heavy (non-hydrogen) atoms. The lowest BCUT2D eigenvalue weighted by molar-refractivity contribution is -0.138. The van der Waals surface area contributed by atoms with Crippen LogP contribution in [0.3, 0.4) is 0 Å². The Labute approximate surface area is 119 Å². The summed E-state index contributed by atoms with van der Waals surface area (Å²) in [6.45, 7) is 2.04. The van der Waals surface area contributed by atoms with Crippen molar-refractivity contribution in [3.8, 4) is 0 Å². The summed E-state index contributed by atoms with van der Waals surface area (Å²) in [4.78, 5) is 12.7. The number of nitrogens with zero attached hydrogens (tertiary/aromatic N) is 1. The van der Waals surface area contributed by atoms with E-state index >= 15 is 0 Å². The van der Waals surface area contributed by atoms with Gasteiger partial charge < -0.3 is 5.32 Å². The van der Waals surface area contributed by atoms with Gasteiger partial charge in [-0.1, -0.05) is 0 Å². The van der Waals surface area contributed by atoms with E-state index < -0.39 is 0 Å². The second kappa shape index (κ2) is 4.61. The maximum absolute atomic E-state index is 12.7. The molecule has 0 spiro atoms. The van der Waals surface area contributed by atoms with Gasteiger partial charge >= 0.3 is 0 Å². The molecule has 4 aliphatic rings. The molecule has 2 N–H and O–H groups in total. The van der Waals surface area contributed by atoms with Crippen LogP contribution in [0.25, 0.3) is 0 Å². The van der Waals surface area contributed by atoms with Gasteiger partial charge in [-0.15, -0.1) is 0 Å². The Bertz CT molecular complexity index is 468. The van der Waals surface area contributed by atoms with Gasteiger partial charge in [-0.05, 0) is 62.7 Å². The van der Waals surface area contributed by atoms with E-state index in [0.29, 0.717) is 11.8 Å². The first kappa shape index (κ1) is 12.4. The monoisotopic (exact) mass is 273 g/mol. The van der Waals surface area contributed by atoms with E-state index in [0.717, 1.165) is 17.4 Å². The maximum Gasteiger partial charge on any atom is 0.224 e. The maximum atomic E-state index is 12.7. The summed E-state index contributed by atoms with van der Waals surface area (Å²) in [7, 11) is 0. The van der Waals surface area contributed by atoms with E-state index in [4.69, 9.17) is 0 Å². The topological polar surface area (TPSA) is 57.8 Å². The summed E-state index contributed by atoms with van der Waals surface area (Å²) in [5, 5.41) is 9.98. The molecule has 0 aliphatic heterocycles. The van der Waals surface area contributed by atoms with Crippen molar-refractivity contribution in [2.75, 3.05) is 0 Å². The number of amides is 1. The fourth-order valence-corrected chi connectivity index (χ4v) is 5.24. The SMILES string of the molecule is CC(NC(=O)C1C2CC3CC(C2)CC1C3)c1cn[nH]c1. The Morgan fingerprint density at radius 3 is 2.45 bits per heavy atom. The molecular weight excluding hydrogens is 250 g/mol. The summed E-state index contributed by atoms with van der Waals surface area (Å²) in [5.74, 6) is 3.72. The molecule has 1 amide bonds. The molecule has 4 nitrogen and oxygen atoms in total. The molecule has 5 rings (SSSR count). The summed E-state index contributed by atoms with van der Waals surface area (Å²) in [5.41, 5.74) is 1.06. The minimum Gasteiger partial charge on any atom is -0.349 e. The first-order valence-electron chi connectivity index (χ1n) is 7.99. The van der Waals surface area contributed by atoms with E-state index in [-0.39, 0.29) is 17.9 Å². The average Bonchev–Trinajstić information content (AvgIpc) is 2.91. The van der Waals surface area contributed by atoms with E-state index in [1.807, 2.05) is 13.1 Å². The van der Waals surface area contributed by atoms with Gasteiger partial charge in [0.1, 0.15) is 0 Å². The highest BCUT2D eigenvalue weighted by molar-refractivity contribution is 5.80. The molecule has 4 saturated carbocycles. The van der Waals surface area contributed by atoms with Gasteiger partial charge in [0.15, 0.2) is 0 Å². The Balaban J connectivity index is 1.46. The van der Waals surface area contributed by atoms with E-state index in [2.05, 4.69) is 15.5 Å². The van der Waals surface area contributed by atoms with Crippen molar-refractivity contribution in [2.24, 2.45) is 29.6 Å². The van der Waals surface area contributed by atoms with Crippen LogP contribution in [0.15, 0.2) is 12.4 Å². The van der Waals surface area contributed by atoms with Crippen LogP contribution in [-0.4, -0.2) is 16.1 Å². The molecule has 4 fully saturated rings. The Hall–Kier alpha value is -1.32. The molecule has 4 aliphatic carbocycles. The number of hydrogen-bond acceptors (Lipinski definition) is 2. The molecule has 1 unspecified atom stereocenters. The van der Waals surface area contributed by atoms with Crippen LogP contribution in [0, 0.1) is 29.6 Å². The molecule has 1 heterocycles. The van der Waals surface area contributed by atoms with Crippen LogP contribution in [0.2, 0.25) is 0 Å². The van der Waals surface area contributed by atoms with E-state index in [1.165, 1.54) is 32.1 Å². The van der Waals surface area contributed by atoms with E-state index in [1.54, 1.807) is 6.20 Å². The number of H-pyrrole nitrogens is 1. The van der Waals surface area contributed by atoms with Gasteiger partial charge in [0.05, 0.1) is 12.2 Å². The zero-order valence-electron chi connectivity index (χ0n) is 12.0. The highest BCUT2D eigenvalue weighted by Crippen LogP contribution is 2.56. The predicted octanol–water partition coefficient (Wildman–Crippen LogP) is 2.66. The number of carbonyl (C=O) groups excluding carboxylic acids is 1. The molecule has 4 bridgehead atoms. The Kier molecular flexibility index (Phi) is 2.86. The number of hydrogen-bond donors (Lipinski definition) is 2. The van der Waals surface area contributed by atoms with Crippen LogP contribution in [0.4, 0.5) is 0 Å². The van der Waals surface area contributed by atoms with Crippen molar-refractivity contribution in [3.05, 3.63) is 18.0 Å². The summed E-state index contributed by atoms with van der Waals surface area (Å²) < 4.78 is 0. The predicted molar refractivity (Wildman–Crippen MR) is 75.7 cm³/mol. The Morgan fingerprint density at radius 2 is 1.90 bits per heavy atom. The standard InChI is InChI=1S/C16H23N3O/c1-9(14-7-17-18-8-14)19-16(20)15-12-3-10-2-11(5-12)6-13(15)4-10/h7-13,15H,2-6H2,1H3,(H,17,18)(H,19,20). The fourth-order valence-electron chi connectivity index (χ4n) is 5.24. The summed E-state index contributed by atoms with van der Waals surface area (Å²) >= 11 is 0. The Morgan fingerprint density at radius 1 is 1.25 bits per heavy atom. The van der Waals surface area contributed by atoms with Gasteiger partial charge in [-0.25, -0.2) is 0 Å². The summed E-state index contributed by atoms with van der Waals surface area (Å²) in [6.07, 6.45) is 10.3. The highest BCUT2D eigenvalue weighted by Gasteiger charge is 2.50. The molecule has 0 radical (unpaired) electrons. The number of carbonyl (C=O) groups is 1. The second-order valence-corrected chi connectivity index (χ2v) is 7.22. The number of nitrogens with one attached hydrogen (secondary N) is 2. The normalized spacial score (nSPS) is 39.8. The third kappa shape index (κ3) is 1.97. The van der Waals surface area contributed by atoms with Gasteiger partial charge in [0, 0.05) is 17.7 Å². The largest absolute Gasteiger partial charge is 0.349 e. The molecular formula is C16H23N3O. The van der Waals surface area contributed by atoms with Gasteiger partial charge in [0.25, 0.3) is 0 Å². The number of rotatable bonds is 3. The molecule has 0 aromatic carbocycles. The van der Waals surface area contributed by atoms with Crippen molar-refractivity contribution in [2.45, 2.75) is 45.1 Å². The molecule has 1 aromatic rings. The first-order valence-corrected chi connectivity index (χ1v) is 7.99. The highest BCUT2D eigenvalue weighted by atomic mass is 16.2. The van der Waals surface area contributed by atoms with Gasteiger partial charge in [0.2, 0.25) is 5.91 Å². The number of aromatic amines is 1. The lowest BCUT2D eigenvalue weighted by Gasteiger charge is -2.53. The van der Waals surface area contributed by atoms with Crippen molar-refractivity contribution in [3.63, 3.8) is 0 Å². The van der Waals surface area contributed by atoms with Crippen molar-refractivity contribution < 1.29 is 4.79 Å². The molecule has 4 heteroatoms. The fraction of sp³-hybridized carbons (Fsp3) is 0.750. The van der Waals surface area contributed by atoms with Crippen LogP contribution in [0.5, 0.6) is 0 Å². The van der Waals surface area contributed by atoms with Crippen LogP contribution >= 0.6 is 0 Å². The van der Waals surface area contributed by atoms with Crippen molar-refractivity contribution in [1.29, 1.82) is 0 Å². The molecule has 108 valence electrons. The third-order valence-electron chi connectivity index (χ3n) is 5.91. The lowest BCUT2D eigenvalue weighted by atomic mass is 9.51. The van der Waals surface area contributed by atoms with Crippen LogP contribution in [-0.2, 0) is 4.79 Å². The molecule has 1 aromatic heterocycles. The van der Waals surface area contributed by atoms with Crippen molar-refractivity contribution in [1.82, 2.24) is 15.5 Å². The summed E-state index contributed by atoms with van der Waals surface area (Å²) in [6, 6.07) is 0.0541. The zero-order chi connectivity index (χ0) is 13.7. The van der Waals surface area contributed by atoms with Gasteiger partial charge in [-0.2, -0.15) is 5.10 Å². The molecule has 0 saturated heterocycles. The minimum atomic E-state index is 0.0541. The van der Waals surface area contributed by atoms with Crippen molar-refractivity contribution >= 4 is 5.91 Å².